The second-order valence-electron chi connectivity index (χ2n) is 5.41. The summed E-state index contributed by atoms with van der Waals surface area (Å²) in [5, 5.41) is 13.6. The van der Waals surface area contributed by atoms with Gasteiger partial charge in [0.1, 0.15) is 12.6 Å². The number of aliphatic carboxylic acids is 1. The Labute approximate surface area is 121 Å². The van der Waals surface area contributed by atoms with Gasteiger partial charge in [0.25, 0.3) is 0 Å². The molecule has 1 heterocycles. The predicted molar refractivity (Wildman–Crippen MR) is 71.3 cm³/mol. The molecule has 2 rings (SSSR count). The van der Waals surface area contributed by atoms with Crippen LogP contribution in [0.2, 0.25) is 0 Å². The first kappa shape index (κ1) is 15.3. The van der Waals surface area contributed by atoms with Crippen LogP contribution >= 0.6 is 0 Å². The maximum atomic E-state index is 12.2. The summed E-state index contributed by atoms with van der Waals surface area (Å²) in [5.74, 6) is -1.98. The van der Waals surface area contributed by atoms with E-state index in [4.69, 9.17) is 5.11 Å². The number of carbonyl (C=O) groups is 4. The lowest BCUT2D eigenvalue weighted by Gasteiger charge is -2.30. The van der Waals surface area contributed by atoms with Gasteiger partial charge in [0.2, 0.25) is 11.8 Å². The number of carboxylic acid groups (broad SMARTS) is 1. The number of nitrogens with one attached hydrogen (secondary N) is 2. The summed E-state index contributed by atoms with van der Waals surface area (Å²) in [7, 11) is 0. The molecule has 1 atom stereocenters. The SMILES string of the molecule is O=C(O)CN(C(=O)NC1CCC(=O)NC1=O)C1CCCC1. The molecule has 8 nitrogen and oxygen atoms in total. The zero-order valence-electron chi connectivity index (χ0n) is 11.6. The predicted octanol–water partition coefficient (Wildman–Crippen LogP) is -0.170. The topological polar surface area (TPSA) is 116 Å². The fourth-order valence-electron chi connectivity index (χ4n) is 2.79. The zero-order chi connectivity index (χ0) is 15.4. The molecule has 0 bridgehead atoms. The first-order chi connectivity index (χ1) is 9.97. The molecule has 0 aromatic rings. The number of rotatable bonds is 4. The Hall–Kier alpha value is -2.12. The lowest BCUT2D eigenvalue weighted by molar-refractivity contribution is -0.138. The highest BCUT2D eigenvalue weighted by atomic mass is 16.4. The van der Waals surface area contributed by atoms with Gasteiger partial charge in [-0.15, -0.1) is 0 Å². The molecule has 2 aliphatic rings. The molecule has 0 spiro atoms. The first-order valence-corrected chi connectivity index (χ1v) is 7.10. The van der Waals surface area contributed by atoms with E-state index < -0.39 is 23.9 Å². The Balaban J connectivity index is 1.98. The molecule has 0 aromatic heterocycles. The fraction of sp³-hybridized carbons (Fsp3) is 0.692. The Morgan fingerprint density at radius 3 is 2.48 bits per heavy atom. The Bertz CT molecular complexity index is 459. The fourth-order valence-corrected chi connectivity index (χ4v) is 2.79. The average Bonchev–Trinajstić information content (AvgIpc) is 2.92. The molecule has 2 fully saturated rings. The number of nitrogens with zero attached hydrogens (tertiary/aromatic N) is 1. The van der Waals surface area contributed by atoms with Crippen molar-refractivity contribution < 1.29 is 24.3 Å². The molecule has 4 amide bonds. The Morgan fingerprint density at radius 2 is 1.90 bits per heavy atom. The van der Waals surface area contributed by atoms with Gasteiger partial charge in [0.05, 0.1) is 0 Å². The van der Waals surface area contributed by atoms with E-state index in [1.165, 1.54) is 4.90 Å². The van der Waals surface area contributed by atoms with E-state index in [9.17, 15) is 19.2 Å². The van der Waals surface area contributed by atoms with E-state index in [0.29, 0.717) is 0 Å². The molecule has 1 aliphatic carbocycles. The van der Waals surface area contributed by atoms with Crippen molar-refractivity contribution in [1.82, 2.24) is 15.5 Å². The number of amides is 4. The van der Waals surface area contributed by atoms with Gasteiger partial charge in [-0.05, 0) is 19.3 Å². The molecular formula is C13H19N3O5. The second-order valence-corrected chi connectivity index (χ2v) is 5.41. The minimum absolute atomic E-state index is 0.102. The quantitative estimate of drug-likeness (QED) is 0.623. The van der Waals surface area contributed by atoms with Crippen LogP contribution in [0, 0.1) is 0 Å². The second kappa shape index (κ2) is 6.55. The number of carboxylic acids is 1. The summed E-state index contributed by atoms with van der Waals surface area (Å²) in [4.78, 5) is 47.1. The first-order valence-electron chi connectivity index (χ1n) is 7.10. The van der Waals surface area contributed by atoms with Crippen LogP contribution in [0.5, 0.6) is 0 Å². The van der Waals surface area contributed by atoms with Crippen LogP contribution in [0.25, 0.3) is 0 Å². The van der Waals surface area contributed by atoms with Crippen LogP contribution in [0.15, 0.2) is 0 Å². The Morgan fingerprint density at radius 1 is 1.24 bits per heavy atom. The van der Waals surface area contributed by atoms with Crippen LogP contribution < -0.4 is 10.6 Å². The van der Waals surface area contributed by atoms with Crippen molar-refractivity contribution in [3.05, 3.63) is 0 Å². The van der Waals surface area contributed by atoms with E-state index in [2.05, 4.69) is 10.6 Å². The minimum atomic E-state index is -1.08. The normalized spacial score (nSPS) is 22.8. The van der Waals surface area contributed by atoms with Crippen LogP contribution in [0.3, 0.4) is 0 Å². The van der Waals surface area contributed by atoms with Gasteiger partial charge in [0, 0.05) is 12.5 Å². The maximum absolute atomic E-state index is 12.2. The molecular weight excluding hydrogens is 278 g/mol. The van der Waals surface area contributed by atoms with Crippen molar-refractivity contribution in [2.75, 3.05) is 6.54 Å². The third-order valence-corrected chi connectivity index (χ3v) is 3.87. The van der Waals surface area contributed by atoms with Crippen molar-refractivity contribution in [3.8, 4) is 0 Å². The highest BCUT2D eigenvalue weighted by Gasteiger charge is 2.33. The van der Waals surface area contributed by atoms with Gasteiger partial charge in [-0.1, -0.05) is 12.8 Å². The lowest BCUT2D eigenvalue weighted by Crippen LogP contribution is -2.57. The van der Waals surface area contributed by atoms with Gasteiger partial charge in [-0.3, -0.25) is 19.7 Å². The van der Waals surface area contributed by atoms with Crippen molar-refractivity contribution in [2.45, 2.75) is 50.6 Å². The molecule has 0 radical (unpaired) electrons. The molecule has 1 aliphatic heterocycles. The van der Waals surface area contributed by atoms with Gasteiger partial charge in [0.15, 0.2) is 0 Å². The van der Waals surface area contributed by atoms with E-state index in [-0.39, 0.29) is 31.3 Å². The minimum Gasteiger partial charge on any atom is -0.480 e. The molecule has 1 saturated heterocycles. The zero-order valence-corrected chi connectivity index (χ0v) is 11.6. The van der Waals surface area contributed by atoms with Gasteiger partial charge < -0.3 is 15.3 Å². The number of hydrogen-bond donors (Lipinski definition) is 3. The third-order valence-electron chi connectivity index (χ3n) is 3.87. The summed E-state index contributed by atoms with van der Waals surface area (Å²) in [6.07, 6.45) is 3.88. The summed E-state index contributed by atoms with van der Waals surface area (Å²) in [5.41, 5.74) is 0. The van der Waals surface area contributed by atoms with Gasteiger partial charge in [-0.25, -0.2) is 4.79 Å². The summed E-state index contributed by atoms with van der Waals surface area (Å²) in [6, 6.07) is -1.44. The largest absolute Gasteiger partial charge is 0.480 e. The molecule has 8 heteroatoms. The Kier molecular flexibility index (Phi) is 4.77. The van der Waals surface area contributed by atoms with Gasteiger partial charge in [-0.2, -0.15) is 0 Å². The molecule has 1 saturated carbocycles. The summed E-state index contributed by atoms with van der Waals surface area (Å²) < 4.78 is 0. The van der Waals surface area contributed by atoms with Crippen molar-refractivity contribution in [1.29, 1.82) is 0 Å². The molecule has 0 aromatic carbocycles. The van der Waals surface area contributed by atoms with Crippen LogP contribution in [0.4, 0.5) is 4.79 Å². The number of carbonyl (C=O) groups excluding carboxylic acids is 3. The van der Waals surface area contributed by atoms with E-state index in [1.807, 2.05) is 0 Å². The molecule has 1 unspecified atom stereocenters. The maximum Gasteiger partial charge on any atom is 0.323 e. The standard InChI is InChI=1S/C13H19N3O5/c17-10-6-5-9(12(20)15-10)14-13(21)16(7-11(18)19)8-3-1-2-4-8/h8-9H,1-7H2,(H,14,21)(H,18,19)(H,15,17,20). The van der Waals surface area contributed by atoms with E-state index in [1.54, 1.807) is 0 Å². The van der Waals surface area contributed by atoms with Crippen LogP contribution in [-0.4, -0.2) is 52.4 Å². The average molecular weight is 297 g/mol. The van der Waals surface area contributed by atoms with E-state index in [0.717, 1.165) is 25.7 Å². The number of urea groups is 1. The number of piperidine rings is 1. The third kappa shape index (κ3) is 3.93. The number of imide groups is 1. The lowest BCUT2D eigenvalue weighted by atomic mass is 10.1. The van der Waals surface area contributed by atoms with Crippen LogP contribution in [-0.2, 0) is 14.4 Å². The highest BCUT2D eigenvalue weighted by molar-refractivity contribution is 6.01. The van der Waals surface area contributed by atoms with Crippen molar-refractivity contribution >= 4 is 23.8 Å². The summed E-state index contributed by atoms with van der Waals surface area (Å²) >= 11 is 0. The van der Waals surface area contributed by atoms with Crippen molar-refractivity contribution in [2.24, 2.45) is 0 Å². The molecule has 21 heavy (non-hydrogen) atoms. The monoisotopic (exact) mass is 297 g/mol. The van der Waals surface area contributed by atoms with Gasteiger partial charge >= 0.3 is 12.0 Å². The van der Waals surface area contributed by atoms with E-state index >= 15 is 0 Å². The molecule has 3 N–H and O–H groups in total. The van der Waals surface area contributed by atoms with Crippen LogP contribution in [0.1, 0.15) is 38.5 Å². The highest BCUT2D eigenvalue weighted by Crippen LogP contribution is 2.23. The number of hydrogen-bond acceptors (Lipinski definition) is 4. The molecule has 116 valence electrons. The van der Waals surface area contributed by atoms with Crippen molar-refractivity contribution in [3.63, 3.8) is 0 Å². The summed E-state index contributed by atoms with van der Waals surface area (Å²) in [6.45, 7) is -0.385. The smallest absolute Gasteiger partial charge is 0.323 e.